The molecule has 7 nitrogen and oxygen atoms in total. The van der Waals surface area contributed by atoms with Crippen molar-refractivity contribution in [1.82, 2.24) is 20.1 Å². The highest BCUT2D eigenvalue weighted by Crippen LogP contribution is 2.23. The molecule has 0 saturated carbocycles. The normalized spacial score (nSPS) is 21.8. The van der Waals surface area contributed by atoms with E-state index in [9.17, 15) is 4.79 Å². The van der Waals surface area contributed by atoms with E-state index >= 15 is 0 Å². The van der Waals surface area contributed by atoms with Gasteiger partial charge in [-0.15, -0.1) is 10.2 Å². The Morgan fingerprint density at radius 3 is 2.95 bits per heavy atom. The van der Waals surface area contributed by atoms with E-state index in [0.29, 0.717) is 25.4 Å². The van der Waals surface area contributed by atoms with Crippen molar-refractivity contribution in [1.29, 1.82) is 0 Å². The van der Waals surface area contributed by atoms with Crippen molar-refractivity contribution in [3.63, 3.8) is 0 Å². The first-order valence-corrected chi connectivity index (χ1v) is 6.81. The summed E-state index contributed by atoms with van der Waals surface area (Å²) in [4.78, 5) is 17.3. The molecule has 1 aliphatic heterocycles. The maximum Gasteiger partial charge on any atom is 0.267 e. The second-order valence-electron chi connectivity index (χ2n) is 5.58. The minimum absolute atomic E-state index is 0.145. The van der Waals surface area contributed by atoms with Crippen LogP contribution in [0.3, 0.4) is 0 Å². The van der Waals surface area contributed by atoms with E-state index in [-0.39, 0.29) is 5.91 Å². The van der Waals surface area contributed by atoms with Gasteiger partial charge in [0.1, 0.15) is 12.2 Å². The molecule has 1 aromatic rings. The SMILES string of the molecule is CC1=NOC(C)(C(=O)NCCc2nncn2C(C)C)C1. The summed E-state index contributed by atoms with van der Waals surface area (Å²) in [7, 11) is 0. The summed E-state index contributed by atoms with van der Waals surface area (Å²) in [5, 5.41) is 14.7. The van der Waals surface area contributed by atoms with Crippen LogP contribution in [0.5, 0.6) is 0 Å². The van der Waals surface area contributed by atoms with Crippen LogP contribution < -0.4 is 5.32 Å². The molecule has 2 heterocycles. The number of carbonyl (C=O) groups excluding carboxylic acids is 1. The lowest BCUT2D eigenvalue weighted by Crippen LogP contribution is -2.45. The monoisotopic (exact) mass is 279 g/mol. The fourth-order valence-corrected chi connectivity index (χ4v) is 2.20. The number of carbonyl (C=O) groups is 1. The van der Waals surface area contributed by atoms with Crippen molar-refractivity contribution in [3.8, 4) is 0 Å². The second kappa shape index (κ2) is 5.60. The standard InChI is InChI=1S/C13H21N5O2/c1-9(2)18-8-15-16-11(18)5-6-14-12(19)13(4)7-10(3)17-20-13/h8-9H,5-7H2,1-4H3,(H,14,19). The minimum Gasteiger partial charge on any atom is -0.379 e. The zero-order chi connectivity index (χ0) is 14.8. The highest BCUT2D eigenvalue weighted by molar-refractivity contribution is 5.94. The third kappa shape index (κ3) is 2.97. The van der Waals surface area contributed by atoms with Gasteiger partial charge in [-0.25, -0.2) is 0 Å². The third-order valence-electron chi connectivity index (χ3n) is 3.31. The van der Waals surface area contributed by atoms with Gasteiger partial charge >= 0.3 is 0 Å². The maximum atomic E-state index is 12.1. The first kappa shape index (κ1) is 14.5. The van der Waals surface area contributed by atoms with Crippen LogP contribution in [0.15, 0.2) is 11.5 Å². The van der Waals surface area contributed by atoms with Gasteiger partial charge in [-0.3, -0.25) is 4.79 Å². The minimum atomic E-state index is -0.879. The van der Waals surface area contributed by atoms with Crippen LogP contribution in [0.1, 0.15) is 46.0 Å². The molecule has 0 aromatic carbocycles. The van der Waals surface area contributed by atoms with E-state index in [1.807, 2.05) is 11.5 Å². The van der Waals surface area contributed by atoms with Gasteiger partial charge in [0.05, 0.1) is 5.71 Å². The third-order valence-corrected chi connectivity index (χ3v) is 3.31. The largest absolute Gasteiger partial charge is 0.379 e. The Balaban J connectivity index is 1.84. The number of rotatable bonds is 5. The predicted molar refractivity (Wildman–Crippen MR) is 74.3 cm³/mol. The molecular formula is C13H21N5O2. The van der Waals surface area contributed by atoms with Crippen LogP contribution in [0, 0.1) is 0 Å². The lowest BCUT2D eigenvalue weighted by molar-refractivity contribution is -0.141. The van der Waals surface area contributed by atoms with Crippen LogP contribution in [0.4, 0.5) is 0 Å². The van der Waals surface area contributed by atoms with Gasteiger partial charge in [0.15, 0.2) is 0 Å². The predicted octanol–water partition coefficient (Wildman–Crippen LogP) is 1.07. The Hall–Kier alpha value is -1.92. The van der Waals surface area contributed by atoms with Crippen LogP contribution in [0.2, 0.25) is 0 Å². The molecule has 1 aliphatic rings. The quantitative estimate of drug-likeness (QED) is 0.874. The van der Waals surface area contributed by atoms with Crippen molar-refractivity contribution in [3.05, 3.63) is 12.2 Å². The molecule has 110 valence electrons. The number of hydrogen-bond donors (Lipinski definition) is 1. The molecule has 0 spiro atoms. The van der Waals surface area contributed by atoms with Crippen LogP contribution in [0.25, 0.3) is 0 Å². The fraction of sp³-hybridized carbons (Fsp3) is 0.692. The Kier molecular flexibility index (Phi) is 4.06. The summed E-state index contributed by atoms with van der Waals surface area (Å²) < 4.78 is 1.99. The number of oxime groups is 1. The van der Waals surface area contributed by atoms with Crippen LogP contribution >= 0.6 is 0 Å². The summed E-state index contributed by atoms with van der Waals surface area (Å²) in [6.45, 7) is 8.24. The molecule has 20 heavy (non-hydrogen) atoms. The topological polar surface area (TPSA) is 81.4 Å². The molecule has 0 bridgehead atoms. The number of aromatic nitrogens is 3. The fourth-order valence-electron chi connectivity index (χ4n) is 2.20. The number of nitrogens with zero attached hydrogens (tertiary/aromatic N) is 4. The van der Waals surface area contributed by atoms with E-state index in [1.165, 1.54) is 0 Å². The van der Waals surface area contributed by atoms with Crippen molar-refractivity contribution in [2.75, 3.05) is 6.54 Å². The lowest BCUT2D eigenvalue weighted by atomic mass is 9.99. The van der Waals surface area contributed by atoms with Crippen molar-refractivity contribution < 1.29 is 9.63 Å². The van der Waals surface area contributed by atoms with E-state index in [1.54, 1.807) is 13.3 Å². The molecule has 1 N–H and O–H groups in total. The lowest BCUT2D eigenvalue weighted by Gasteiger charge is -2.20. The van der Waals surface area contributed by atoms with Gasteiger partial charge in [0, 0.05) is 25.4 Å². The van der Waals surface area contributed by atoms with Crippen LogP contribution in [-0.4, -0.2) is 38.5 Å². The summed E-state index contributed by atoms with van der Waals surface area (Å²) in [5.41, 5.74) is -0.0438. The summed E-state index contributed by atoms with van der Waals surface area (Å²) >= 11 is 0. The Morgan fingerprint density at radius 2 is 2.35 bits per heavy atom. The molecular weight excluding hydrogens is 258 g/mol. The van der Waals surface area contributed by atoms with Crippen molar-refractivity contribution in [2.24, 2.45) is 5.16 Å². The molecule has 0 saturated heterocycles. The zero-order valence-corrected chi connectivity index (χ0v) is 12.4. The van der Waals surface area contributed by atoms with Gasteiger partial charge < -0.3 is 14.7 Å². The average molecular weight is 279 g/mol. The Bertz CT molecular complexity index is 523. The van der Waals surface area contributed by atoms with Gasteiger partial charge in [-0.2, -0.15) is 0 Å². The first-order chi connectivity index (χ1) is 9.42. The highest BCUT2D eigenvalue weighted by atomic mass is 16.7. The van der Waals surface area contributed by atoms with Crippen molar-refractivity contribution in [2.45, 2.75) is 52.2 Å². The smallest absolute Gasteiger partial charge is 0.267 e. The van der Waals surface area contributed by atoms with E-state index < -0.39 is 5.60 Å². The number of nitrogens with one attached hydrogen (secondary N) is 1. The molecule has 1 aromatic heterocycles. The molecule has 0 aliphatic carbocycles. The summed E-state index contributed by atoms with van der Waals surface area (Å²) in [6.07, 6.45) is 2.88. The number of amides is 1. The molecule has 0 fully saturated rings. The second-order valence-corrected chi connectivity index (χ2v) is 5.58. The average Bonchev–Trinajstić information content (AvgIpc) is 2.97. The molecule has 2 rings (SSSR count). The van der Waals surface area contributed by atoms with Gasteiger partial charge in [0.2, 0.25) is 5.60 Å². The van der Waals surface area contributed by atoms with Gasteiger partial charge in [0.25, 0.3) is 5.91 Å². The number of hydrogen-bond acceptors (Lipinski definition) is 5. The summed E-state index contributed by atoms with van der Waals surface area (Å²) in [6, 6.07) is 0.308. The first-order valence-electron chi connectivity index (χ1n) is 6.81. The molecule has 7 heteroatoms. The Morgan fingerprint density at radius 1 is 1.60 bits per heavy atom. The molecule has 1 unspecified atom stereocenters. The van der Waals surface area contributed by atoms with E-state index in [2.05, 4.69) is 34.5 Å². The summed E-state index contributed by atoms with van der Waals surface area (Å²) in [5.74, 6) is 0.721. The zero-order valence-electron chi connectivity index (χ0n) is 12.4. The van der Waals surface area contributed by atoms with E-state index in [0.717, 1.165) is 11.5 Å². The Labute approximate surface area is 118 Å². The molecule has 1 atom stereocenters. The van der Waals surface area contributed by atoms with Gasteiger partial charge in [-0.1, -0.05) is 5.16 Å². The van der Waals surface area contributed by atoms with Gasteiger partial charge in [-0.05, 0) is 27.7 Å². The van der Waals surface area contributed by atoms with Crippen LogP contribution in [-0.2, 0) is 16.1 Å². The van der Waals surface area contributed by atoms with Crippen molar-refractivity contribution >= 4 is 11.6 Å². The molecule has 1 amide bonds. The van der Waals surface area contributed by atoms with E-state index in [4.69, 9.17) is 4.84 Å². The maximum absolute atomic E-state index is 12.1. The molecule has 0 radical (unpaired) electrons. The highest BCUT2D eigenvalue weighted by Gasteiger charge is 2.40.